The molecule has 4 nitrogen and oxygen atoms in total. The topological polar surface area (TPSA) is 24.9 Å². The molecule has 192 valence electrons. The first-order valence-corrected chi connectivity index (χ1v) is 15.1. The smallest absolute Gasteiger partial charge is 0.0866 e. The van der Waals surface area contributed by atoms with E-state index in [1.165, 1.54) is 96.6 Å². The van der Waals surface area contributed by atoms with Gasteiger partial charge in [0.05, 0.1) is 24.9 Å². The first-order chi connectivity index (χ1) is 16.7. The van der Waals surface area contributed by atoms with Crippen LogP contribution in [0, 0.1) is 23.7 Å². The Labute approximate surface area is 208 Å². The van der Waals surface area contributed by atoms with Crippen molar-refractivity contribution in [2.24, 2.45) is 23.7 Å². The second-order valence-corrected chi connectivity index (χ2v) is 12.8. The third kappa shape index (κ3) is 4.78. The SMILES string of the molecule is CC1(C2CCC(N3CCOCC3)CC2)C=CC2C(CC(N3CCCCCC3)C3CCCCC23)O1. The fourth-order valence-electron chi connectivity index (χ4n) is 9.09. The van der Waals surface area contributed by atoms with Gasteiger partial charge in [-0.05, 0) is 95.6 Å². The van der Waals surface area contributed by atoms with Crippen molar-refractivity contribution in [3.8, 4) is 0 Å². The highest BCUT2D eigenvalue weighted by Crippen LogP contribution is 2.51. The van der Waals surface area contributed by atoms with Crippen molar-refractivity contribution in [3.63, 3.8) is 0 Å². The van der Waals surface area contributed by atoms with E-state index in [2.05, 4.69) is 28.9 Å². The predicted molar refractivity (Wildman–Crippen MR) is 138 cm³/mol. The molecular formula is C30H50N2O2. The lowest BCUT2D eigenvalue weighted by Crippen LogP contribution is -2.58. The molecular weight excluding hydrogens is 420 g/mol. The monoisotopic (exact) mass is 470 g/mol. The number of likely N-dealkylation sites (tertiary alicyclic amines) is 1. The zero-order valence-corrected chi connectivity index (χ0v) is 21.8. The van der Waals surface area contributed by atoms with Crippen molar-refractivity contribution in [2.75, 3.05) is 39.4 Å². The van der Waals surface area contributed by atoms with E-state index >= 15 is 0 Å². The van der Waals surface area contributed by atoms with Crippen LogP contribution in [0.1, 0.15) is 90.4 Å². The highest BCUT2D eigenvalue weighted by atomic mass is 16.5. The van der Waals surface area contributed by atoms with Crippen LogP contribution in [0.25, 0.3) is 0 Å². The molecule has 3 aliphatic carbocycles. The molecule has 3 saturated carbocycles. The normalized spacial score (nSPS) is 46.9. The molecule has 34 heavy (non-hydrogen) atoms. The second kappa shape index (κ2) is 10.5. The highest BCUT2D eigenvalue weighted by Gasteiger charge is 2.51. The fraction of sp³-hybridized carbons (Fsp3) is 0.933. The van der Waals surface area contributed by atoms with Crippen LogP contribution < -0.4 is 0 Å². The van der Waals surface area contributed by atoms with E-state index in [-0.39, 0.29) is 5.60 Å². The van der Waals surface area contributed by atoms with Gasteiger partial charge in [-0.3, -0.25) is 4.90 Å². The van der Waals surface area contributed by atoms with Gasteiger partial charge in [-0.2, -0.15) is 0 Å². The minimum absolute atomic E-state index is 0.0536. The maximum absolute atomic E-state index is 7.25. The Bertz CT molecular complexity index is 690. The van der Waals surface area contributed by atoms with Crippen LogP contribution in [0.15, 0.2) is 12.2 Å². The van der Waals surface area contributed by atoms with Gasteiger partial charge in [-0.25, -0.2) is 0 Å². The average molecular weight is 471 g/mol. The number of morpholine rings is 1. The Morgan fingerprint density at radius 2 is 1.44 bits per heavy atom. The summed E-state index contributed by atoms with van der Waals surface area (Å²) in [6.45, 7) is 9.22. The van der Waals surface area contributed by atoms with Gasteiger partial charge in [0, 0.05) is 31.1 Å². The molecule has 0 aromatic rings. The molecule has 4 heteroatoms. The molecule has 0 spiro atoms. The van der Waals surface area contributed by atoms with Crippen molar-refractivity contribution in [1.29, 1.82) is 0 Å². The van der Waals surface area contributed by atoms with E-state index in [0.717, 1.165) is 50.2 Å². The predicted octanol–water partition coefficient (Wildman–Crippen LogP) is 5.66. The van der Waals surface area contributed by atoms with Gasteiger partial charge in [0.25, 0.3) is 0 Å². The lowest BCUT2D eigenvalue weighted by atomic mass is 9.60. The van der Waals surface area contributed by atoms with Gasteiger partial charge in [-0.1, -0.05) is 37.8 Å². The summed E-state index contributed by atoms with van der Waals surface area (Å²) in [5.41, 5.74) is -0.0536. The summed E-state index contributed by atoms with van der Waals surface area (Å²) < 4.78 is 12.8. The summed E-state index contributed by atoms with van der Waals surface area (Å²) in [6, 6.07) is 1.55. The second-order valence-electron chi connectivity index (χ2n) is 12.8. The molecule has 6 unspecified atom stereocenters. The van der Waals surface area contributed by atoms with E-state index in [0.29, 0.717) is 17.9 Å². The molecule has 6 aliphatic rings. The van der Waals surface area contributed by atoms with Crippen LogP contribution in [0.2, 0.25) is 0 Å². The summed E-state index contributed by atoms with van der Waals surface area (Å²) in [5.74, 6) is 3.13. The first kappa shape index (κ1) is 23.9. The number of fused-ring (bicyclic) bond motifs is 3. The van der Waals surface area contributed by atoms with Crippen LogP contribution in [0.4, 0.5) is 0 Å². The van der Waals surface area contributed by atoms with E-state index in [9.17, 15) is 0 Å². The largest absolute Gasteiger partial charge is 0.379 e. The number of rotatable bonds is 3. The fourth-order valence-corrected chi connectivity index (χ4v) is 9.09. The van der Waals surface area contributed by atoms with Gasteiger partial charge in [-0.15, -0.1) is 0 Å². The van der Waals surface area contributed by atoms with Gasteiger partial charge in [0.1, 0.15) is 0 Å². The molecule has 3 heterocycles. The van der Waals surface area contributed by atoms with Crippen LogP contribution in [0.3, 0.4) is 0 Å². The van der Waals surface area contributed by atoms with Crippen LogP contribution >= 0.6 is 0 Å². The highest BCUT2D eigenvalue weighted by molar-refractivity contribution is 5.16. The summed E-state index contributed by atoms with van der Waals surface area (Å²) in [5, 5.41) is 0. The summed E-state index contributed by atoms with van der Waals surface area (Å²) in [6.07, 6.45) is 23.8. The van der Waals surface area contributed by atoms with Gasteiger partial charge < -0.3 is 14.4 Å². The van der Waals surface area contributed by atoms with Crippen molar-refractivity contribution < 1.29 is 9.47 Å². The molecule has 5 fully saturated rings. The molecule has 0 radical (unpaired) electrons. The molecule has 2 saturated heterocycles. The molecule has 0 bridgehead atoms. The van der Waals surface area contributed by atoms with Crippen LogP contribution in [-0.2, 0) is 9.47 Å². The van der Waals surface area contributed by atoms with Gasteiger partial charge in [0.15, 0.2) is 0 Å². The number of hydrogen-bond donors (Lipinski definition) is 0. The van der Waals surface area contributed by atoms with Crippen LogP contribution in [-0.4, -0.2) is 73.0 Å². The van der Waals surface area contributed by atoms with Crippen molar-refractivity contribution in [1.82, 2.24) is 9.80 Å². The van der Waals surface area contributed by atoms with E-state index in [1.54, 1.807) is 0 Å². The first-order valence-electron chi connectivity index (χ1n) is 15.1. The molecule has 0 amide bonds. The molecule has 0 N–H and O–H groups in total. The Morgan fingerprint density at radius 3 is 2.18 bits per heavy atom. The number of ether oxygens (including phenoxy) is 2. The standard InChI is InChI=1S/C30H50N2O2/c1-30(23-10-12-24(13-11-23)31-18-20-33-21-19-31)15-14-27-25-8-4-5-9-26(25)28(22-29(27)34-30)32-16-6-2-3-7-17-32/h14-15,23-29H,2-13,16-22H2,1H3. The summed E-state index contributed by atoms with van der Waals surface area (Å²) in [4.78, 5) is 5.63. The lowest BCUT2D eigenvalue weighted by Gasteiger charge is -2.56. The Morgan fingerprint density at radius 1 is 0.735 bits per heavy atom. The summed E-state index contributed by atoms with van der Waals surface area (Å²) >= 11 is 0. The molecule has 3 aliphatic heterocycles. The minimum Gasteiger partial charge on any atom is -0.379 e. The van der Waals surface area contributed by atoms with Crippen LogP contribution in [0.5, 0.6) is 0 Å². The third-order valence-corrected chi connectivity index (χ3v) is 11.0. The molecule has 6 rings (SSSR count). The third-order valence-electron chi connectivity index (χ3n) is 11.0. The Kier molecular flexibility index (Phi) is 7.41. The van der Waals surface area contributed by atoms with Crippen molar-refractivity contribution in [2.45, 2.75) is 114 Å². The van der Waals surface area contributed by atoms with Gasteiger partial charge >= 0.3 is 0 Å². The number of hydrogen-bond acceptors (Lipinski definition) is 4. The van der Waals surface area contributed by atoms with Gasteiger partial charge in [0.2, 0.25) is 0 Å². The van der Waals surface area contributed by atoms with Crippen molar-refractivity contribution in [3.05, 3.63) is 12.2 Å². The maximum atomic E-state index is 7.25. The maximum Gasteiger partial charge on any atom is 0.0866 e. The quantitative estimate of drug-likeness (QED) is 0.497. The van der Waals surface area contributed by atoms with E-state index in [4.69, 9.17) is 9.47 Å². The number of nitrogens with zero attached hydrogens (tertiary/aromatic N) is 2. The Balaban J connectivity index is 1.15. The molecule has 0 aromatic heterocycles. The average Bonchev–Trinajstić information content (AvgIpc) is 3.18. The van der Waals surface area contributed by atoms with E-state index in [1.807, 2.05) is 0 Å². The Hall–Kier alpha value is -0.420. The summed E-state index contributed by atoms with van der Waals surface area (Å²) in [7, 11) is 0. The lowest BCUT2D eigenvalue weighted by molar-refractivity contribution is -0.164. The zero-order chi connectivity index (χ0) is 23.0. The van der Waals surface area contributed by atoms with E-state index < -0.39 is 0 Å². The molecule has 0 aromatic carbocycles. The zero-order valence-electron chi connectivity index (χ0n) is 21.8. The minimum atomic E-state index is -0.0536. The van der Waals surface area contributed by atoms with Crippen molar-refractivity contribution >= 4 is 0 Å². The molecule has 6 atom stereocenters.